The third kappa shape index (κ3) is 6.02. The average Bonchev–Trinajstić information content (AvgIpc) is 2.85. The van der Waals surface area contributed by atoms with Gasteiger partial charge in [-0.2, -0.15) is 0 Å². The first-order valence-corrected chi connectivity index (χ1v) is 12.2. The van der Waals surface area contributed by atoms with Crippen molar-refractivity contribution in [2.75, 3.05) is 32.4 Å². The second-order valence-corrected chi connectivity index (χ2v) is 8.62. The summed E-state index contributed by atoms with van der Waals surface area (Å²) in [7, 11) is 4.56. The van der Waals surface area contributed by atoms with Gasteiger partial charge in [-0.25, -0.2) is 4.98 Å². The van der Waals surface area contributed by atoms with E-state index in [0.717, 1.165) is 25.7 Å². The predicted molar refractivity (Wildman–Crippen MR) is 136 cm³/mol. The first kappa shape index (κ1) is 25.4. The molecule has 0 aliphatic rings. The van der Waals surface area contributed by atoms with Crippen LogP contribution in [0.5, 0.6) is 17.2 Å². The van der Waals surface area contributed by atoms with Crippen molar-refractivity contribution in [1.82, 2.24) is 9.55 Å². The Morgan fingerprint density at radius 2 is 1.74 bits per heavy atom. The summed E-state index contributed by atoms with van der Waals surface area (Å²) >= 11 is 1.25. The van der Waals surface area contributed by atoms with Gasteiger partial charge in [0.05, 0.1) is 38.0 Å². The van der Waals surface area contributed by atoms with E-state index in [4.69, 9.17) is 14.2 Å². The lowest BCUT2D eigenvalue weighted by atomic mass is 10.2. The number of nitrogens with one attached hydrogen (secondary N) is 1. The molecule has 9 heteroatoms. The summed E-state index contributed by atoms with van der Waals surface area (Å²) in [6, 6.07) is 10.6. The molecule has 0 spiro atoms. The molecule has 0 radical (unpaired) electrons. The number of aromatic nitrogens is 2. The van der Waals surface area contributed by atoms with Crippen molar-refractivity contribution in [2.24, 2.45) is 0 Å². The Hall–Kier alpha value is -3.20. The molecule has 0 saturated carbocycles. The number of para-hydroxylation sites is 1. The Bertz CT molecular complexity index is 1170. The molecule has 0 atom stereocenters. The van der Waals surface area contributed by atoms with E-state index in [9.17, 15) is 9.59 Å². The number of ether oxygens (including phenoxy) is 3. The van der Waals surface area contributed by atoms with Crippen LogP contribution >= 0.6 is 11.8 Å². The molecule has 3 aromatic rings. The number of thioether (sulfide) groups is 1. The fourth-order valence-electron chi connectivity index (χ4n) is 3.63. The SMILES string of the molecule is CCCCCCn1c(SCC(=O)Nc2cc(OC)c(OC)c(OC)c2)nc2ccccc2c1=O. The van der Waals surface area contributed by atoms with E-state index in [0.29, 0.717) is 45.5 Å². The fourth-order valence-corrected chi connectivity index (χ4v) is 4.46. The Balaban J connectivity index is 1.79. The molecule has 8 nitrogen and oxygen atoms in total. The Morgan fingerprint density at radius 3 is 2.38 bits per heavy atom. The van der Waals surface area contributed by atoms with Crippen molar-refractivity contribution in [3.8, 4) is 17.2 Å². The zero-order valence-electron chi connectivity index (χ0n) is 20.1. The maximum absolute atomic E-state index is 13.1. The van der Waals surface area contributed by atoms with E-state index in [1.165, 1.54) is 33.1 Å². The number of carbonyl (C=O) groups is 1. The Morgan fingerprint density at radius 1 is 1.03 bits per heavy atom. The summed E-state index contributed by atoms with van der Waals surface area (Å²) in [6.07, 6.45) is 4.17. The highest BCUT2D eigenvalue weighted by Crippen LogP contribution is 2.40. The third-order valence-corrected chi connectivity index (χ3v) is 6.32. The molecule has 0 bridgehead atoms. The second kappa shape index (κ2) is 12.3. The normalized spacial score (nSPS) is 10.8. The topological polar surface area (TPSA) is 91.7 Å². The molecule has 0 unspecified atom stereocenters. The van der Waals surface area contributed by atoms with Crippen LogP contribution in [-0.4, -0.2) is 42.5 Å². The van der Waals surface area contributed by atoms with Crippen molar-refractivity contribution < 1.29 is 19.0 Å². The van der Waals surface area contributed by atoms with Crippen LogP contribution in [0, 0.1) is 0 Å². The second-order valence-electron chi connectivity index (χ2n) is 7.68. The van der Waals surface area contributed by atoms with E-state index < -0.39 is 0 Å². The zero-order valence-corrected chi connectivity index (χ0v) is 20.9. The van der Waals surface area contributed by atoms with Gasteiger partial charge in [0, 0.05) is 24.4 Å². The van der Waals surface area contributed by atoms with Crippen molar-refractivity contribution in [3.63, 3.8) is 0 Å². The lowest BCUT2D eigenvalue weighted by Crippen LogP contribution is -2.24. The van der Waals surface area contributed by atoms with Gasteiger partial charge in [0.15, 0.2) is 16.7 Å². The largest absolute Gasteiger partial charge is 0.493 e. The molecular formula is C25H31N3O5S. The van der Waals surface area contributed by atoms with Gasteiger partial charge < -0.3 is 19.5 Å². The summed E-state index contributed by atoms with van der Waals surface area (Å²) in [4.78, 5) is 30.5. The van der Waals surface area contributed by atoms with Crippen LogP contribution in [-0.2, 0) is 11.3 Å². The van der Waals surface area contributed by atoms with Gasteiger partial charge in [-0.05, 0) is 18.6 Å². The fraction of sp³-hybridized carbons (Fsp3) is 0.400. The summed E-state index contributed by atoms with van der Waals surface area (Å²) in [6.45, 7) is 2.73. The van der Waals surface area contributed by atoms with Crippen LogP contribution in [0.2, 0.25) is 0 Å². The van der Waals surface area contributed by atoms with Gasteiger partial charge >= 0.3 is 0 Å². The van der Waals surface area contributed by atoms with E-state index in [1.54, 1.807) is 22.8 Å². The average molecular weight is 486 g/mol. The van der Waals surface area contributed by atoms with Gasteiger partial charge in [0.2, 0.25) is 11.7 Å². The molecule has 1 heterocycles. The molecule has 0 saturated heterocycles. The van der Waals surface area contributed by atoms with Crippen LogP contribution in [0.15, 0.2) is 46.3 Å². The molecule has 0 aliphatic heterocycles. The summed E-state index contributed by atoms with van der Waals surface area (Å²) in [5.41, 5.74) is 1.07. The summed E-state index contributed by atoms with van der Waals surface area (Å²) < 4.78 is 17.7. The van der Waals surface area contributed by atoms with Crippen LogP contribution in [0.3, 0.4) is 0 Å². The lowest BCUT2D eigenvalue weighted by molar-refractivity contribution is -0.113. The number of fused-ring (bicyclic) bond motifs is 1. The summed E-state index contributed by atoms with van der Waals surface area (Å²) in [5, 5.41) is 3.98. The number of anilines is 1. The Kier molecular flexibility index (Phi) is 9.21. The third-order valence-electron chi connectivity index (χ3n) is 5.34. The molecule has 0 fully saturated rings. The molecule has 1 N–H and O–H groups in total. The van der Waals surface area contributed by atoms with Crippen molar-refractivity contribution in [3.05, 3.63) is 46.8 Å². The van der Waals surface area contributed by atoms with Crippen molar-refractivity contribution >= 4 is 34.3 Å². The molecule has 2 aromatic carbocycles. The molecular weight excluding hydrogens is 454 g/mol. The van der Waals surface area contributed by atoms with Gasteiger partial charge in [-0.15, -0.1) is 0 Å². The number of carbonyl (C=O) groups excluding carboxylic acids is 1. The lowest BCUT2D eigenvalue weighted by Gasteiger charge is -2.15. The van der Waals surface area contributed by atoms with Crippen LogP contribution in [0.4, 0.5) is 5.69 Å². The standard InChI is InChI=1S/C25H31N3O5S/c1-5-6-7-10-13-28-24(30)18-11-8-9-12-19(18)27-25(28)34-16-22(29)26-17-14-20(31-2)23(33-4)21(15-17)32-3/h8-9,11-12,14-15H,5-7,10,13,16H2,1-4H3,(H,26,29). The number of methoxy groups -OCH3 is 3. The first-order valence-electron chi connectivity index (χ1n) is 11.2. The zero-order chi connectivity index (χ0) is 24.5. The number of rotatable bonds is 12. The molecule has 1 amide bonds. The molecule has 182 valence electrons. The van der Waals surface area contributed by atoms with E-state index in [-0.39, 0.29) is 17.2 Å². The van der Waals surface area contributed by atoms with Crippen LogP contribution in [0.25, 0.3) is 10.9 Å². The number of unbranched alkanes of at least 4 members (excludes halogenated alkanes) is 3. The van der Waals surface area contributed by atoms with E-state index >= 15 is 0 Å². The number of hydrogen-bond acceptors (Lipinski definition) is 7. The van der Waals surface area contributed by atoms with Gasteiger partial charge in [-0.1, -0.05) is 50.1 Å². The number of benzene rings is 2. The minimum atomic E-state index is -0.237. The molecule has 1 aromatic heterocycles. The highest BCUT2D eigenvalue weighted by atomic mass is 32.2. The van der Waals surface area contributed by atoms with E-state index in [1.807, 2.05) is 18.2 Å². The minimum Gasteiger partial charge on any atom is -0.493 e. The van der Waals surface area contributed by atoms with Gasteiger partial charge in [0.25, 0.3) is 5.56 Å². The van der Waals surface area contributed by atoms with Crippen molar-refractivity contribution in [1.29, 1.82) is 0 Å². The van der Waals surface area contributed by atoms with Crippen LogP contribution < -0.4 is 25.1 Å². The monoisotopic (exact) mass is 485 g/mol. The Labute approximate surface area is 203 Å². The number of amides is 1. The maximum atomic E-state index is 13.1. The van der Waals surface area contributed by atoms with Gasteiger partial charge in [0.1, 0.15) is 0 Å². The number of hydrogen-bond donors (Lipinski definition) is 1. The molecule has 0 aliphatic carbocycles. The highest BCUT2D eigenvalue weighted by Gasteiger charge is 2.16. The van der Waals surface area contributed by atoms with Crippen LogP contribution in [0.1, 0.15) is 32.6 Å². The molecule has 3 rings (SSSR count). The molecule has 34 heavy (non-hydrogen) atoms. The van der Waals surface area contributed by atoms with Gasteiger partial charge in [-0.3, -0.25) is 14.2 Å². The maximum Gasteiger partial charge on any atom is 0.262 e. The van der Waals surface area contributed by atoms with E-state index in [2.05, 4.69) is 17.2 Å². The summed E-state index contributed by atoms with van der Waals surface area (Å²) in [5.74, 6) is 1.20. The van der Waals surface area contributed by atoms with Crippen molar-refractivity contribution in [2.45, 2.75) is 44.3 Å². The first-order chi connectivity index (χ1) is 16.5. The highest BCUT2D eigenvalue weighted by molar-refractivity contribution is 7.99. The smallest absolute Gasteiger partial charge is 0.262 e. The predicted octanol–water partition coefficient (Wildman–Crippen LogP) is 4.73. The minimum absolute atomic E-state index is 0.0744. The quantitative estimate of drug-likeness (QED) is 0.225. The number of nitrogens with zero attached hydrogens (tertiary/aromatic N) is 2.